The summed E-state index contributed by atoms with van der Waals surface area (Å²) in [6, 6.07) is 7.65. The van der Waals surface area contributed by atoms with Gasteiger partial charge in [-0.2, -0.15) is 0 Å². The first kappa shape index (κ1) is 11.9. The van der Waals surface area contributed by atoms with Crippen LogP contribution in [0.4, 0.5) is 0 Å². The molecule has 92 valence electrons. The number of benzene rings is 1. The molecule has 17 heavy (non-hydrogen) atoms. The van der Waals surface area contributed by atoms with E-state index in [1.165, 1.54) is 0 Å². The standard InChI is InChI=1S/C13H18N2O2/c1-3-9(2)11(14)8-16-13-10-6-4-5-7-12(10)17-15-13/h4-7,9,11H,3,8,14H2,1-2H3. The molecule has 0 aliphatic rings. The van der Waals surface area contributed by atoms with Gasteiger partial charge in [0.2, 0.25) is 0 Å². The Kier molecular flexibility index (Phi) is 3.64. The van der Waals surface area contributed by atoms with Gasteiger partial charge in [0.15, 0.2) is 5.58 Å². The van der Waals surface area contributed by atoms with Crippen molar-refractivity contribution in [3.05, 3.63) is 24.3 Å². The average molecular weight is 234 g/mol. The number of para-hydroxylation sites is 1. The maximum absolute atomic E-state index is 6.00. The summed E-state index contributed by atoms with van der Waals surface area (Å²) in [5, 5.41) is 4.79. The second-order valence-electron chi connectivity index (χ2n) is 4.34. The smallest absolute Gasteiger partial charge is 0.262 e. The van der Waals surface area contributed by atoms with Gasteiger partial charge in [-0.15, -0.1) is 0 Å². The molecule has 2 rings (SSSR count). The van der Waals surface area contributed by atoms with Crippen molar-refractivity contribution in [3.63, 3.8) is 0 Å². The van der Waals surface area contributed by atoms with Crippen LogP contribution in [0.1, 0.15) is 20.3 Å². The Bertz CT molecular complexity index is 481. The van der Waals surface area contributed by atoms with Gasteiger partial charge in [0.1, 0.15) is 6.61 Å². The van der Waals surface area contributed by atoms with Gasteiger partial charge in [-0.05, 0) is 23.2 Å². The third kappa shape index (κ3) is 2.58. The number of hydrogen-bond donors (Lipinski definition) is 1. The molecule has 0 amide bonds. The molecule has 0 saturated carbocycles. The lowest BCUT2D eigenvalue weighted by Gasteiger charge is -2.17. The number of nitrogens with zero attached hydrogens (tertiary/aromatic N) is 1. The van der Waals surface area contributed by atoms with E-state index in [0.29, 0.717) is 18.4 Å². The molecule has 4 nitrogen and oxygen atoms in total. The summed E-state index contributed by atoms with van der Waals surface area (Å²) < 4.78 is 10.8. The summed E-state index contributed by atoms with van der Waals surface area (Å²) in [6.45, 7) is 4.70. The molecule has 2 atom stereocenters. The van der Waals surface area contributed by atoms with Gasteiger partial charge in [-0.3, -0.25) is 0 Å². The molecule has 0 fully saturated rings. The molecule has 1 aromatic carbocycles. The van der Waals surface area contributed by atoms with Gasteiger partial charge in [-0.25, -0.2) is 0 Å². The van der Waals surface area contributed by atoms with Crippen LogP contribution in [0.25, 0.3) is 11.0 Å². The van der Waals surface area contributed by atoms with E-state index in [-0.39, 0.29) is 6.04 Å². The van der Waals surface area contributed by atoms with Gasteiger partial charge in [0, 0.05) is 6.04 Å². The molecular formula is C13H18N2O2. The van der Waals surface area contributed by atoms with E-state index in [2.05, 4.69) is 19.0 Å². The van der Waals surface area contributed by atoms with E-state index < -0.39 is 0 Å². The number of fused-ring (bicyclic) bond motifs is 1. The van der Waals surface area contributed by atoms with Crippen molar-refractivity contribution in [1.29, 1.82) is 0 Å². The van der Waals surface area contributed by atoms with Crippen LogP contribution in [-0.4, -0.2) is 17.8 Å². The molecule has 2 aromatic rings. The number of aromatic nitrogens is 1. The van der Waals surface area contributed by atoms with E-state index in [9.17, 15) is 0 Å². The fourth-order valence-electron chi connectivity index (χ4n) is 1.61. The van der Waals surface area contributed by atoms with Crippen LogP contribution in [-0.2, 0) is 0 Å². The van der Waals surface area contributed by atoms with Gasteiger partial charge in [0.05, 0.1) is 5.39 Å². The number of ether oxygens (including phenoxy) is 1. The number of rotatable bonds is 5. The quantitative estimate of drug-likeness (QED) is 0.863. The predicted octanol–water partition coefficient (Wildman–Crippen LogP) is 2.58. The Morgan fingerprint density at radius 1 is 1.41 bits per heavy atom. The Balaban J connectivity index is 2.04. The molecule has 1 aromatic heterocycles. The first-order valence-corrected chi connectivity index (χ1v) is 5.95. The molecule has 2 N–H and O–H groups in total. The predicted molar refractivity (Wildman–Crippen MR) is 66.9 cm³/mol. The molecule has 0 saturated heterocycles. The third-order valence-corrected chi connectivity index (χ3v) is 3.13. The van der Waals surface area contributed by atoms with Crippen LogP contribution in [0.2, 0.25) is 0 Å². The second kappa shape index (κ2) is 5.19. The molecule has 0 aliphatic carbocycles. The Labute approximate surface area is 101 Å². The van der Waals surface area contributed by atoms with E-state index in [1.54, 1.807) is 0 Å². The lowest BCUT2D eigenvalue weighted by molar-refractivity contribution is 0.233. The van der Waals surface area contributed by atoms with Crippen LogP contribution in [0.3, 0.4) is 0 Å². The average Bonchev–Trinajstić information content (AvgIpc) is 2.78. The Hall–Kier alpha value is -1.55. The first-order chi connectivity index (χ1) is 8.22. The third-order valence-electron chi connectivity index (χ3n) is 3.13. The molecule has 0 radical (unpaired) electrons. The summed E-state index contributed by atoms with van der Waals surface area (Å²) >= 11 is 0. The van der Waals surface area contributed by atoms with Gasteiger partial charge < -0.3 is 15.0 Å². The summed E-state index contributed by atoms with van der Waals surface area (Å²) in [4.78, 5) is 0. The van der Waals surface area contributed by atoms with Crippen molar-refractivity contribution >= 4 is 11.0 Å². The molecule has 4 heteroatoms. The molecule has 0 spiro atoms. The van der Waals surface area contributed by atoms with Crippen molar-refractivity contribution in [2.24, 2.45) is 11.7 Å². The molecule has 2 unspecified atom stereocenters. The van der Waals surface area contributed by atoms with Crippen molar-refractivity contribution in [2.75, 3.05) is 6.61 Å². The van der Waals surface area contributed by atoms with Crippen LogP contribution in [0.15, 0.2) is 28.8 Å². The van der Waals surface area contributed by atoms with Crippen LogP contribution >= 0.6 is 0 Å². The largest absolute Gasteiger partial charge is 0.473 e. The van der Waals surface area contributed by atoms with Gasteiger partial charge in [-0.1, -0.05) is 32.4 Å². The highest BCUT2D eigenvalue weighted by Crippen LogP contribution is 2.24. The summed E-state index contributed by atoms with van der Waals surface area (Å²) in [5.41, 5.74) is 6.74. The highest BCUT2D eigenvalue weighted by atomic mass is 16.5. The maximum Gasteiger partial charge on any atom is 0.262 e. The minimum absolute atomic E-state index is 0.0236. The van der Waals surface area contributed by atoms with Crippen molar-refractivity contribution in [1.82, 2.24) is 5.16 Å². The molecule has 1 heterocycles. The number of nitrogens with two attached hydrogens (primary N) is 1. The minimum Gasteiger partial charge on any atom is -0.473 e. The van der Waals surface area contributed by atoms with Gasteiger partial charge >= 0.3 is 0 Å². The monoisotopic (exact) mass is 234 g/mol. The van der Waals surface area contributed by atoms with E-state index in [0.717, 1.165) is 17.4 Å². The lowest BCUT2D eigenvalue weighted by atomic mass is 10.0. The summed E-state index contributed by atoms with van der Waals surface area (Å²) in [6.07, 6.45) is 1.05. The van der Waals surface area contributed by atoms with Crippen LogP contribution in [0.5, 0.6) is 5.88 Å². The lowest BCUT2D eigenvalue weighted by Crippen LogP contribution is -2.34. The van der Waals surface area contributed by atoms with Crippen molar-refractivity contribution in [3.8, 4) is 5.88 Å². The maximum atomic E-state index is 6.00. The first-order valence-electron chi connectivity index (χ1n) is 5.95. The van der Waals surface area contributed by atoms with Crippen LogP contribution < -0.4 is 10.5 Å². The second-order valence-corrected chi connectivity index (χ2v) is 4.34. The van der Waals surface area contributed by atoms with Crippen molar-refractivity contribution in [2.45, 2.75) is 26.3 Å². The Morgan fingerprint density at radius 3 is 2.94 bits per heavy atom. The highest BCUT2D eigenvalue weighted by molar-refractivity contribution is 5.81. The molecule has 0 bridgehead atoms. The molecule has 0 aliphatic heterocycles. The normalized spacial score (nSPS) is 14.8. The number of hydrogen-bond acceptors (Lipinski definition) is 4. The fourth-order valence-corrected chi connectivity index (χ4v) is 1.61. The van der Waals surface area contributed by atoms with Crippen LogP contribution in [0, 0.1) is 5.92 Å². The van der Waals surface area contributed by atoms with Gasteiger partial charge in [0.25, 0.3) is 5.88 Å². The zero-order valence-electron chi connectivity index (χ0n) is 10.2. The topological polar surface area (TPSA) is 61.3 Å². The Morgan fingerprint density at radius 2 is 2.18 bits per heavy atom. The zero-order chi connectivity index (χ0) is 12.3. The van der Waals surface area contributed by atoms with E-state index >= 15 is 0 Å². The summed E-state index contributed by atoms with van der Waals surface area (Å²) in [7, 11) is 0. The SMILES string of the molecule is CCC(C)C(N)COc1noc2ccccc12. The summed E-state index contributed by atoms with van der Waals surface area (Å²) in [5.74, 6) is 0.965. The highest BCUT2D eigenvalue weighted by Gasteiger charge is 2.14. The van der Waals surface area contributed by atoms with E-state index in [1.807, 2.05) is 24.3 Å². The minimum atomic E-state index is 0.0236. The fraction of sp³-hybridized carbons (Fsp3) is 0.462. The zero-order valence-corrected chi connectivity index (χ0v) is 10.2. The molecular weight excluding hydrogens is 216 g/mol. The van der Waals surface area contributed by atoms with E-state index in [4.69, 9.17) is 15.0 Å². The van der Waals surface area contributed by atoms with Crippen molar-refractivity contribution < 1.29 is 9.26 Å².